The van der Waals surface area contributed by atoms with Crippen LogP contribution in [-0.2, 0) is 0 Å². The molecule has 0 aliphatic rings. The molecule has 0 saturated carbocycles. The van der Waals surface area contributed by atoms with E-state index in [4.69, 9.17) is 14.2 Å². The fourth-order valence-electron chi connectivity index (χ4n) is 2.56. The Morgan fingerprint density at radius 1 is 0.833 bits per heavy atom. The van der Waals surface area contributed by atoms with E-state index >= 15 is 0 Å². The summed E-state index contributed by atoms with van der Waals surface area (Å²) >= 11 is 0. The van der Waals surface area contributed by atoms with Crippen molar-refractivity contribution in [3.63, 3.8) is 0 Å². The van der Waals surface area contributed by atoms with E-state index in [2.05, 4.69) is 9.97 Å². The Morgan fingerprint density at radius 3 is 2.12 bits per heavy atom. The average Bonchev–Trinajstić information content (AvgIpc) is 2.65. The minimum atomic E-state index is 0.641. The van der Waals surface area contributed by atoms with Crippen molar-refractivity contribution in [3.05, 3.63) is 42.7 Å². The number of methoxy groups -OCH3 is 3. The molecule has 0 N–H and O–H groups in total. The summed E-state index contributed by atoms with van der Waals surface area (Å²) in [7, 11) is 6.83. The molecule has 0 radical (unpaired) electrons. The highest BCUT2D eigenvalue weighted by atomic mass is 16.5. The molecule has 3 aromatic rings. The van der Waals surface area contributed by atoms with Gasteiger partial charge in [0, 0.05) is 24.2 Å². The van der Waals surface area contributed by atoms with Crippen molar-refractivity contribution in [2.45, 2.75) is 0 Å². The van der Waals surface area contributed by atoms with E-state index in [0.29, 0.717) is 11.5 Å². The van der Waals surface area contributed by atoms with Crippen LogP contribution in [0.1, 0.15) is 0 Å². The third kappa shape index (κ3) is 2.78. The van der Waals surface area contributed by atoms with Crippen LogP contribution in [0.4, 0.5) is 11.5 Å². The summed E-state index contributed by atoms with van der Waals surface area (Å²) in [6.45, 7) is 0. The van der Waals surface area contributed by atoms with Gasteiger partial charge in [0.15, 0.2) is 11.5 Å². The molecule has 0 aliphatic carbocycles. The highest BCUT2D eigenvalue weighted by molar-refractivity contribution is 5.93. The summed E-state index contributed by atoms with van der Waals surface area (Å²) in [5.41, 5.74) is 1.78. The average molecular weight is 325 g/mol. The second kappa shape index (κ2) is 6.62. The van der Waals surface area contributed by atoms with Crippen molar-refractivity contribution in [2.24, 2.45) is 0 Å². The molecule has 1 aromatic heterocycles. The van der Waals surface area contributed by atoms with E-state index < -0.39 is 0 Å². The monoisotopic (exact) mass is 325 g/mol. The Kier molecular flexibility index (Phi) is 4.37. The number of anilines is 2. The maximum atomic E-state index is 5.40. The zero-order valence-electron chi connectivity index (χ0n) is 14.1. The molecule has 2 aromatic carbocycles. The molecule has 124 valence electrons. The summed E-state index contributed by atoms with van der Waals surface area (Å²) in [6, 6.07) is 11.5. The summed E-state index contributed by atoms with van der Waals surface area (Å²) < 4.78 is 15.9. The van der Waals surface area contributed by atoms with Gasteiger partial charge >= 0.3 is 0 Å². The largest absolute Gasteiger partial charge is 0.497 e. The van der Waals surface area contributed by atoms with E-state index in [1.54, 1.807) is 27.7 Å². The van der Waals surface area contributed by atoms with Crippen molar-refractivity contribution in [2.75, 3.05) is 33.3 Å². The Balaban J connectivity index is 2.10. The lowest BCUT2D eigenvalue weighted by Gasteiger charge is -2.20. The molecular formula is C18H19N3O3. The molecule has 1 heterocycles. The van der Waals surface area contributed by atoms with Crippen LogP contribution >= 0.6 is 0 Å². The topological polar surface area (TPSA) is 56.7 Å². The van der Waals surface area contributed by atoms with E-state index in [0.717, 1.165) is 28.2 Å². The van der Waals surface area contributed by atoms with Gasteiger partial charge in [-0.1, -0.05) is 0 Å². The van der Waals surface area contributed by atoms with Crippen molar-refractivity contribution in [1.29, 1.82) is 0 Å². The molecule has 0 saturated heterocycles. The summed E-state index contributed by atoms with van der Waals surface area (Å²) in [5.74, 6) is 2.88. The Labute approximate surface area is 140 Å². The first-order valence-corrected chi connectivity index (χ1v) is 7.42. The second-order valence-electron chi connectivity index (χ2n) is 5.18. The molecule has 0 amide bonds. The Morgan fingerprint density at radius 2 is 1.50 bits per heavy atom. The van der Waals surface area contributed by atoms with Crippen LogP contribution in [0.2, 0.25) is 0 Å². The lowest BCUT2D eigenvalue weighted by Crippen LogP contribution is -2.12. The molecule has 6 nitrogen and oxygen atoms in total. The fraction of sp³-hybridized carbons (Fsp3) is 0.222. The van der Waals surface area contributed by atoms with Crippen LogP contribution in [0.25, 0.3) is 10.9 Å². The molecule has 0 bridgehead atoms. The minimum absolute atomic E-state index is 0.641. The van der Waals surface area contributed by atoms with Crippen LogP contribution in [0.3, 0.4) is 0 Å². The molecule has 6 heteroatoms. The van der Waals surface area contributed by atoms with Crippen molar-refractivity contribution < 1.29 is 14.2 Å². The number of aromatic nitrogens is 2. The normalized spacial score (nSPS) is 10.5. The number of nitrogens with zero attached hydrogens (tertiary/aromatic N) is 3. The number of hydrogen-bond donors (Lipinski definition) is 0. The van der Waals surface area contributed by atoms with Gasteiger partial charge in [0.05, 0.1) is 26.8 Å². The van der Waals surface area contributed by atoms with Gasteiger partial charge in [0.1, 0.15) is 17.9 Å². The maximum Gasteiger partial charge on any atom is 0.162 e. The fourth-order valence-corrected chi connectivity index (χ4v) is 2.56. The van der Waals surface area contributed by atoms with Gasteiger partial charge in [-0.3, -0.25) is 0 Å². The molecular weight excluding hydrogens is 306 g/mol. The van der Waals surface area contributed by atoms with Crippen LogP contribution in [0, 0.1) is 0 Å². The van der Waals surface area contributed by atoms with Gasteiger partial charge < -0.3 is 19.1 Å². The van der Waals surface area contributed by atoms with Gasteiger partial charge in [-0.15, -0.1) is 0 Å². The smallest absolute Gasteiger partial charge is 0.162 e. The van der Waals surface area contributed by atoms with Gasteiger partial charge in [0.2, 0.25) is 0 Å². The number of fused-ring (bicyclic) bond motifs is 1. The Bertz CT molecular complexity index is 850. The van der Waals surface area contributed by atoms with Crippen molar-refractivity contribution in [1.82, 2.24) is 9.97 Å². The van der Waals surface area contributed by atoms with Crippen LogP contribution in [0.15, 0.2) is 42.7 Å². The third-order valence-electron chi connectivity index (χ3n) is 3.90. The zero-order valence-corrected chi connectivity index (χ0v) is 14.1. The van der Waals surface area contributed by atoms with Gasteiger partial charge in [-0.2, -0.15) is 0 Å². The number of hydrogen-bond acceptors (Lipinski definition) is 6. The molecule has 0 aliphatic heterocycles. The standard InChI is InChI=1S/C18H19N3O3/c1-21(12-5-7-13(22-2)8-6-12)18-14-9-16(23-3)17(24-4)10-15(14)19-11-20-18/h5-11H,1-4H3. The lowest BCUT2D eigenvalue weighted by molar-refractivity contribution is 0.356. The zero-order chi connectivity index (χ0) is 17.1. The number of benzene rings is 2. The predicted molar refractivity (Wildman–Crippen MR) is 93.7 cm³/mol. The lowest BCUT2D eigenvalue weighted by atomic mass is 10.2. The highest BCUT2D eigenvalue weighted by Crippen LogP contribution is 2.36. The second-order valence-corrected chi connectivity index (χ2v) is 5.18. The van der Waals surface area contributed by atoms with Gasteiger partial charge in [-0.25, -0.2) is 9.97 Å². The Hall–Kier alpha value is -3.02. The molecule has 3 rings (SSSR count). The van der Waals surface area contributed by atoms with E-state index in [1.165, 1.54) is 0 Å². The minimum Gasteiger partial charge on any atom is -0.497 e. The molecule has 0 atom stereocenters. The quantitative estimate of drug-likeness (QED) is 0.716. The molecule has 24 heavy (non-hydrogen) atoms. The number of rotatable bonds is 5. The first kappa shape index (κ1) is 15.9. The third-order valence-corrected chi connectivity index (χ3v) is 3.90. The van der Waals surface area contributed by atoms with E-state index in [9.17, 15) is 0 Å². The van der Waals surface area contributed by atoms with Gasteiger partial charge in [0.25, 0.3) is 0 Å². The molecule has 0 unspecified atom stereocenters. The van der Waals surface area contributed by atoms with Gasteiger partial charge in [-0.05, 0) is 30.3 Å². The van der Waals surface area contributed by atoms with Crippen molar-refractivity contribution >= 4 is 22.4 Å². The first-order chi connectivity index (χ1) is 11.7. The molecule has 0 fully saturated rings. The van der Waals surface area contributed by atoms with Crippen LogP contribution in [-0.4, -0.2) is 38.3 Å². The summed E-state index contributed by atoms with van der Waals surface area (Å²) in [4.78, 5) is 10.8. The van der Waals surface area contributed by atoms with Crippen molar-refractivity contribution in [3.8, 4) is 17.2 Å². The predicted octanol–water partition coefficient (Wildman–Crippen LogP) is 3.42. The number of ether oxygens (including phenoxy) is 3. The SMILES string of the molecule is COc1ccc(N(C)c2ncnc3cc(OC)c(OC)cc23)cc1. The summed E-state index contributed by atoms with van der Waals surface area (Å²) in [6.07, 6.45) is 1.55. The molecule has 0 spiro atoms. The highest BCUT2D eigenvalue weighted by Gasteiger charge is 2.14. The maximum absolute atomic E-state index is 5.40. The summed E-state index contributed by atoms with van der Waals surface area (Å²) in [5, 5.41) is 0.883. The van der Waals surface area contributed by atoms with Crippen LogP contribution < -0.4 is 19.1 Å². The van der Waals surface area contributed by atoms with E-state index in [-0.39, 0.29) is 0 Å². The first-order valence-electron chi connectivity index (χ1n) is 7.42. The van der Waals surface area contributed by atoms with Crippen LogP contribution in [0.5, 0.6) is 17.2 Å². The van der Waals surface area contributed by atoms with E-state index in [1.807, 2.05) is 48.3 Å².